The first-order valence-corrected chi connectivity index (χ1v) is 9.81. The molecule has 0 spiro atoms. The highest BCUT2D eigenvalue weighted by Gasteiger charge is 2.25. The van der Waals surface area contributed by atoms with Gasteiger partial charge in [0.1, 0.15) is 10.6 Å². The molecular formula is C17H18Cl2N2O4S. The number of nitrogens with one attached hydrogen (secondary N) is 2. The number of aryl methyl sites for hydroxylation is 1. The third-order valence-corrected chi connectivity index (χ3v) is 5.65. The lowest BCUT2D eigenvalue weighted by Gasteiger charge is -2.17. The lowest BCUT2D eigenvalue weighted by molar-refractivity contribution is -0.117. The van der Waals surface area contributed by atoms with Crippen LogP contribution in [0.1, 0.15) is 12.5 Å². The Labute approximate surface area is 162 Å². The van der Waals surface area contributed by atoms with E-state index in [9.17, 15) is 13.2 Å². The van der Waals surface area contributed by atoms with E-state index in [1.807, 2.05) is 0 Å². The summed E-state index contributed by atoms with van der Waals surface area (Å²) < 4.78 is 32.7. The Hall–Kier alpha value is -1.80. The number of ether oxygens (including phenoxy) is 1. The second-order valence-corrected chi connectivity index (χ2v) is 8.14. The van der Waals surface area contributed by atoms with Crippen LogP contribution in [0.2, 0.25) is 10.0 Å². The average molecular weight is 417 g/mol. The molecule has 9 heteroatoms. The third-order valence-electron chi connectivity index (χ3n) is 3.52. The Balaban J connectivity index is 2.20. The smallest absolute Gasteiger partial charge is 0.244 e. The number of anilines is 1. The van der Waals surface area contributed by atoms with Crippen molar-refractivity contribution in [1.29, 1.82) is 0 Å². The van der Waals surface area contributed by atoms with Gasteiger partial charge in [0.2, 0.25) is 15.9 Å². The van der Waals surface area contributed by atoms with Gasteiger partial charge in [-0.25, -0.2) is 8.42 Å². The van der Waals surface area contributed by atoms with Crippen molar-refractivity contribution in [2.24, 2.45) is 0 Å². The van der Waals surface area contributed by atoms with Gasteiger partial charge in [-0.05, 0) is 49.7 Å². The van der Waals surface area contributed by atoms with Crippen LogP contribution in [0.25, 0.3) is 0 Å². The van der Waals surface area contributed by atoms with Crippen LogP contribution in [0.15, 0.2) is 41.3 Å². The molecule has 0 aliphatic rings. The molecule has 0 unspecified atom stereocenters. The minimum Gasteiger partial charge on any atom is -0.495 e. The van der Waals surface area contributed by atoms with Crippen LogP contribution >= 0.6 is 23.2 Å². The quantitative estimate of drug-likeness (QED) is 0.752. The van der Waals surface area contributed by atoms with Crippen LogP contribution in [0.4, 0.5) is 5.69 Å². The molecule has 2 rings (SSSR count). The standard InChI is InChI=1S/C17H18Cl2N2O4S/c1-10-4-7-15(25-3)16(8-10)26(23,24)21-11(2)17(22)20-14-9-12(18)5-6-13(14)19/h4-9,11,21H,1-3H3,(H,20,22)/t11-/m0/s1. The van der Waals surface area contributed by atoms with E-state index in [2.05, 4.69) is 10.0 Å². The molecule has 0 aliphatic carbocycles. The molecule has 1 atom stereocenters. The number of carbonyl (C=O) groups excluding carboxylic acids is 1. The van der Waals surface area contributed by atoms with Crippen LogP contribution in [0.5, 0.6) is 5.75 Å². The maximum atomic E-state index is 12.6. The molecule has 2 N–H and O–H groups in total. The molecule has 0 saturated carbocycles. The van der Waals surface area contributed by atoms with Crippen molar-refractivity contribution in [2.75, 3.05) is 12.4 Å². The van der Waals surface area contributed by atoms with Crippen molar-refractivity contribution < 1.29 is 17.9 Å². The maximum Gasteiger partial charge on any atom is 0.244 e. The molecule has 0 aliphatic heterocycles. The van der Waals surface area contributed by atoms with Crippen molar-refractivity contribution in [1.82, 2.24) is 4.72 Å². The largest absolute Gasteiger partial charge is 0.495 e. The Bertz CT molecular complexity index is 932. The number of rotatable bonds is 6. The van der Waals surface area contributed by atoms with Gasteiger partial charge in [0.15, 0.2) is 0 Å². The molecule has 140 valence electrons. The minimum atomic E-state index is -3.98. The monoisotopic (exact) mass is 416 g/mol. The summed E-state index contributed by atoms with van der Waals surface area (Å²) in [6.45, 7) is 3.18. The third kappa shape index (κ3) is 4.88. The molecule has 0 radical (unpaired) electrons. The molecule has 0 fully saturated rings. The molecule has 0 aromatic heterocycles. The Kier molecular flexibility index (Phi) is 6.52. The van der Waals surface area contributed by atoms with Gasteiger partial charge < -0.3 is 10.1 Å². The molecule has 2 aromatic rings. The van der Waals surface area contributed by atoms with Crippen molar-refractivity contribution in [2.45, 2.75) is 24.8 Å². The van der Waals surface area contributed by atoms with E-state index in [1.54, 1.807) is 25.1 Å². The first kappa shape index (κ1) is 20.5. The zero-order chi connectivity index (χ0) is 19.5. The van der Waals surface area contributed by atoms with Gasteiger partial charge in [0.25, 0.3) is 0 Å². The van der Waals surface area contributed by atoms with E-state index >= 15 is 0 Å². The summed E-state index contributed by atoms with van der Waals surface area (Å²) in [7, 11) is -2.60. The predicted molar refractivity (Wildman–Crippen MR) is 103 cm³/mol. The summed E-state index contributed by atoms with van der Waals surface area (Å²) in [5.41, 5.74) is 1.04. The van der Waals surface area contributed by atoms with Crippen molar-refractivity contribution in [3.05, 3.63) is 52.0 Å². The Morgan fingerprint density at radius 3 is 2.50 bits per heavy atom. The second kappa shape index (κ2) is 8.26. The number of halogens is 2. The van der Waals surface area contributed by atoms with E-state index in [4.69, 9.17) is 27.9 Å². The molecular weight excluding hydrogens is 399 g/mol. The molecule has 2 aromatic carbocycles. The van der Waals surface area contributed by atoms with Crippen LogP contribution in [0, 0.1) is 6.92 Å². The predicted octanol–water partition coefficient (Wildman–Crippen LogP) is 3.62. The molecule has 0 heterocycles. The fourth-order valence-corrected chi connectivity index (χ4v) is 3.97. The summed E-state index contributed by atoms with van der Waals surface area (Å²) in [6.07, 6.45) is 0. The lowest BCUT2D eigenvalue weighted by Crippen LogP contribution is -2.41. The first-order valence-electron chi connectivity index (χ1n) is 7.57. The SMILES string of the molecule is COc1ccc(C)cc1S(=O)(=O)N[C@@H](C)C(=O)Nc1cc(Cl)ccc1Cl. The van der Waals surface area contributed by atoms with Gasteiger partial charge in [0.05, 0.1) is 23.9 Å². The van der Waals surface area contributed by atoms with Crippen LogP contribution in [-0.4, -0.2) is 27.5 Å². The highest BCUT2D eigenvalue weighted by molar-refractivity contribution is 7.89. The van der Waals surface area contributed by atoms with Gasteiger partial charge in [-0.15, -0.1) is 0 Å². The fraction of sp³-hybridized carbons (Fsp3) is 0.235. The van der Waals surface area contributed by atoms with Crippen molar-refractivity contribution >= 4 is 44.8 Å². The summed E-state index contributed by atoms with van der Waals surface area (Å²) in [4.78, 5) is 12.3. The zero-order valence-electron chi connectivity index (χ0n) is 14.3. The number of benzene rings is 2. The van der Waals surface area contributed by atoms with Gasteiger partial charge in [-0.1, -0.05) is 29.3 Å². The second-order valence-electron chi connectivity index (χ2n) is 5.61. The number of carbonyl (C=O) groups is 1. The molecule has 26 heavy (non-hydrogen) atoms. The van der Waals surface area contributed by atoms with Crippen LogP contribution in [0.3, 0.4) is 0 Å². The Morgan fingerprint density at radius 2 is 1.85 bits per heavy atom. The van der Waals surface area contributed by atoms with Crippen molar-refractivity contribution in [3.8, 4) is 5.75 Å². The van der Waals surface area contributed by atoms with E-state index < -0.39 is 22.0 Å². The van der Waals surface area contributed by atoms with E-state index in [-0.39, 0.29) is 15.7 Å². The molecule has 0 saturated heterocycles. The van der Waals surface area contributed by atoms with Crippen molar-refractivity contribution in [3.63, 3.8) is 0 Å². The average Bonchev–Trinajstić information content (AvgIpc) is 2.57. The van der Waals surface area contributed by atoms with Gasteiger partial charge in [0, 0.05) is 5.02 Å². The fourth-order valence-electron chi connectivity index (χ4n) is 2.18. The lowest BCUT2D eigenvalue weighted by atomic mass is 10.2. The number of hydrogen-bond acceptors (Lipinski definition) is 4. The van der Waals surface area contributed by atoms with Gasteiger partial charge in [-0.2, -0.15) is 4.72 Å². The number of methoxy groups -OCH3 is 1. The number of hydrogen-bond donors (Lipinski definition) is 2. The first-order chi connectivity index (χ1) is 12.1. The number of sulfonamides is 1. The normalized spacial score (nSPS) is 12.5. The molecule has 6 nitrogen and oxygen atoms in total. The molecule has 1 amide bonds. The topological polar surface area (TPSA) is 84.5 Å². The summed E-state index contributed by atoms with van der Waals surface area (Å²) in [5.74, 6) is -0.391. The minimum absolute atomic E-state index is 0.0413. The highest BCUT2D eigenvalue weighted by atomic mass is 35.5. The van der Waals surface area contributed by atoms with E-state index in [0.717, 1.165) is 5.56 Å². The van der Waals surface area contributed by atoms with Crippen LogP contribution < -0.4 is 14.8 Å². The summed E-state index contributed by atoms with van der Waals surface area (Å²) in [5, 5.41) is 3.23. The highest BCUT2D eigenvalue weighted by Crippen LogP contribution is 2.26. The van der Waals surface area contributed by atoms with Crippen LogP contribution in [-0.2, 0) is 14.8 Å². The van der Waals surface area contributed by atoms with E-state index in [0.29, 0.717) is 10.7 Å². The maximum absolute atomic E-state index is 12.6. The van der Waals surface area contributed by atoms with Gasteiger partial charge >= 0.3 is 0 Å². The summed E-state index contributed by atoms with van der Waals surface area (Å²) in [6, 6.07) is 8.30. The zero-order valence-corrected chi connectivity index (χ0v) is 16.7. The van der Waals surface area contributed by atoms with E-state index in [1.165, 1.54) is 32.2 Å². The number of amides is 1. The summed E-state index contributed by atoms with van der Waals surface area (Å²) >= 11 is 11.9. The Morgan fingerprint density at radius 1 is 1.15 bits per heavy atom. The van der Waals surface area contributed by atoms with Gasteiger partial charge in [-0.3, -0.25) is 4.79 Å². The molecule has 0 bridgehead atoms.